The number of aromatic nitrogens is 1. The maximum atomic E-state index is 13.0. The number of carbonyl (C=O) groups is 2. The monoisotopic (exact) mass is 569 g/mol. The molecule has 4 heterocycles. The van der Waals surface area contributed by atoms with Crippen LogP contribution in [0.4, 0.5) is 5.82 Å². The molecule has 3 aliphatic heterocycles. The summed E-state index contributed by atoms with van der Waals surface area (Å²) in [7, 11) is 1.63. The van der Waals surface area contributed by atoms with E-state index in [0.29, 0.717) is 42.1 Å². The Morgan fingerprint density at radius 3 is 2.76 bits per heavy atom. The van der Waals surface area contributed by atoms with Crippen LogP contribution in [-0.2, 0) is 9.53 Å². The average Bonchev–Trinajstić information content (AvgIpc) is 3.80. The molecule has 1 aromatic carbocycles. The largest absolute Gasteiger partial charge is 0.383 e. The Hall–Kier alpha value is -4.19. The van der Waals surface area contributed by atoms with Gasteiger partial charge in [-0.25, -0.2) is 4.98 Å². The van der Waals surface area contributed by atoms with E-state index in [4.69, 9.17) is 15.6 Å². The standard InChI is InChI=1S/C31H36N8O3/c1-20(19-42-2)35-31(41)25-4-3-14-38(18-25)28-26-17-33-13-15-39(26,32)29(37-28)22-7-9-23(10-8-22)30(40)36-27-16-24(11-12-34-27)21-5-6-21/h7-13,15-17,20-21,25H,3-6,14,18-19,32H2,1-2H3,(H-,34,35,36,40,41)/p+1/t20-,25?,39?/m0/s1. The zero-order valence-electron chi connectivity index (χ0n) is 24.0. The summed E-state index contributed by atoms with van der Waals surface area (Å²) in [6, 6.07) is 11.2. The molecule has 3 atom stereocenters. The number of amides is 2. The predicted octanol–water partition coefficient (Wildman–Crippen LogP) is 3.25. The number of hydrogen-bond acceptors (Lipinski definition) is 8. The molecule has 2 amide bonds. The number of nitrogens with two attached hydrogens (primary N) is 1. The number of amidine groups is 1. The number of carbonyl (C=O) groups excluding carboxylic acids is 2. The van der Waals surface area contributed by atoms with Gasteiger partial charge < -0.3 is 20.3 Å². The number of nitrogens with one attached hydrogen (secondary N) is 2. The van der Waals surface area contributed by atoms with Gasteiger partial charge in [0.2, 0.25) is 17.4 Å². The Bertz CT molecular complexity index is 1490. The minimum Gasteiger partial charge on any atom is -0.383 e. The highest BCUT2D eigenvalue weighted by molar-refractivity contribution is 6.05. The van der Waals surface area contributed by atoms with Gasteiger partial charge in [0.15, 0.2) is 0 Å². The highest BCUT2D eigenvalue weighted by Gasteiger charge is 2.46. The first kappa shape index (κ1) is 28.0. The molecular weight excluding hydrogens is 532 g/mol. The Labute approximate surface area is 245 Å². The van der Waals surface area contributed by atoms with E-state index < -0.39 is 0 Å². The highest BCUT2D eigenvalue weighted by atomic mass is 16.5. The van der Waals surface area contributed by atoms with Gasteiger partial charge >= 0.3 is 0 Å². The van der Waals surface area contributed by atoms with E-state index in [1.807, 2.05) is 31.2 Å². The molecule has 1 aliphatic carbocycles. The number of pyridine rings is 1. The van der Waals surface area contributed by atoms with Crippen molar-refractivity contribution in [3.8, 4) is 0 Å². The summed E-state index contributed by atoms with van der Waals surface area (Å²) in [4.78, 5) is 41.8. The zero-order valence-corrected chi connectivity index (χ0v) is 24.0. The van der Waals surface area contributed by atoms with Crippen molar-refractivity contribution in [1.29, 1.82) is 0 Å². The highest BCUT2D eigenvalue weighted by Crippen LogP contribution is 2.40. The van der Waals surface area contributed by atoms with Crippen LogP contribution in [0.25, 0.3) is 0 Å². The number of quaternary nitrogens is 1. The van der Waals surface area contributed by atoms with Crippen molar-refractivity contribution in [2.45, 2.75) is 44.6 Å². The minimum atomic E-state index is -0.228. The molecular formula is C31H37N8O3+. The van der Waals surface area contributed by atoms with Crippen LogP contribution in [0.5, 0.6) is 0 Å². The molecule has 2 aromatic rings. The number of fused-ring (bicyclic) bond motifs is 1. The van der Waals surface area contributed by atoms with Crippen molar-refractivity contribution in [2.24, 2.45) is 21.7 Å². The molecule has 0 bridgehead atoms. The molecule has 42 heavy (non-hydrogen) atoms. The molecule has 218 valence electrons. The summed E-state index contributed by atoms with van der Waals surface area (Å²) in [6.07, 6.45) is 11.0. The lowest BCUT2D eigenvalue weighted by molar-refractivity contribution is -0.750. The van der Waals surface area contributed by atoms with Crippen molar-refractivity contribution in [2.75, 3.05) is 32.1 Å². The van der Waals surface area contributed by atoms with E-state index in [9.17, 15) is 9.59 Å². The second-order valence-corrected chi connectivity index (χ2v) is 11.4. The number of hydrogen-bond donors (Lipinski definition) is 3. The van der Waals surface area contributed by atoms with E-state index in [1.165, 1.54) is 18.4 Å². The van der Waals surface area contributed by atoms with Crippen molar-refractivity contribution in [3.63, 3.8) is 0 Å². The SMILES string of the molecule is COC[C@H](C)NC(=O)C1CCCN(C2=C3C=NC=C[N+]3(N)C(c3ccc(C(=O)Nc4cc(C5CC5)ccn4)cc3)=N2)C1. The van der Waals surface area contributed by atoms with Gasteiger partial charge in [-0.15, -0.1) is 4.59 Å². The quantitative estimate of drug-likeness (QED) is 0.314. The second kappa shape index (κ2) is 11.6. The third-order valence-electron chi connectivity index (χ3n) is 8.15. The van der Waals surface area contributed by atoms with Gasteiger partial charge in [-0.2, -0.15) is 10.8 Å². The van der Waals surface area contributed by atoms with Crippen molar-refractivity contribution >= 4 is 29.7 Å². The Kier molecular flexibility index (Phi) is 7.72. The summed E-state index contributed by atoms with van der Waals surface area (Å²) in [5, 5.41) is 5.97. The van der Waals surface area contributed by atoms with E-state index >= 15 is 0 Å². The van der Waals surface area contributed by atoms with E-state index in [-0.39, 0.29) is 28.4 Å². The van der Waals surface area contributed by atoms with Crippen LogP contribution in [0.2, 0.25) is 0 Å². The molecule has 2 unspecified atom stereocenters. The first-order chi connectivity index (χ1) is 20.4. The number of methoxy groups -OCH3 is 1. The Balaban J connectivity index is 1.20. The number of nitrogens with zero attached hydrogens (tertiary/aromatic N) is 5. The van der Waals surface area contributed by atoms with Crippen LogP contribution >= 0.6 is 0 Å². The third-order valence-corrected chi connectivity index (χ3v) is 8.15. The van der Waals surface area contributed by atoms with Gasteiger partial charge in [0.25, 0.3) is 11.7 Å². The molecule has 1 saturated carbocycles. The molecule has 0 radical (unpaired) electrons. The van der Waals surface area contributed by atoms with E-state index in [0.717, 1.165) is 30.6 Å². The number of allylic oxidation sites excluding steroid dienone is 1. The molecule has 6 rings (SSSR count). The fourth-order valence-electron chi connectivity index (χ4n) is 5.77. The first-order valence-electron chi connectivity index (χ1n) is 14.5. The van der Waals surface area contributed by atoms with Crippen LogP contribution in [0.15, 0.2) is 76.5 Å². The Morgan fingerprint density at radius 1 is 1.19 bits per heavy atom. The molecule has 11 heteroatoms. The number of rotatable bonds is 9. The van der Waals surface area contributed by atoms with Gasteiger partial charge in [-0.05, 0) is 80.5 Å². The summed E-state index contributed by atoms with van der Waals surface area (Å²) in [5.41, 5.74) is 3.25. The normalized spacial score (nSPS) is 23.8. The van der Waals surface area contributed by atoms with Crippen LogP contribution in [0, 0.1) is 5.92 Å². The topological polar surface area (TPSA) is 134 Å². The summed E-state index contributed by atoms with van der Waals surface area (Å²) in [5.74, 6) is 9.03. The zero-order chi connectivity index (χ0) is 29.3. The molecule has 1 aromatic heterocycles. The maximum absolute atomic E-state index is 13.0. The predicted molar refractivity (Wildman–Crippen MR) is 160 cm³/mol. The number of aliphatic imine (C=N–C) groups is 2. The molecule has 2 fully saturated rings. The van der Waals surface area contributed by atoms with Gasteiger partial charge in [0.1, 0.15) is 12.0 Å². The lowest BCUT2D eigenvalue weighted by Gasteiger charge is -2.33. The van der Waals surface area contributed by atoms with Gasteiger partial charge in [-0.1, -0.05) is 0 Å². The van der Waals surface area contributed by atoms with Crippen LogP contribution in [0.3, 0.4) is 0 Å². The summed E-state index contributed by atoms with van der Waals surface area (Å²) in [6.45, 7) is 3.70. The molecule has 1 saturated heterocycles. The molecule has 0 spiro atoms. The van der Waals surface area contributed by atoms with Crippen LogP contribution in [0.1, 0.15) is 60.0 Å². The second-order valence-electron chi connectivity index (χ2n) is 11.4. The molecule has 4 N–H and O–H groups in total. The lowest BCUT2D eigenvalue weighted by atomic mass is 9.96. The number of anilines is 1. The number of benzene rings is 1. The van der Waals surface area contributed by atoms with Crippen molar-refractivity contribution < 1.29 is 18.9 Å². The average molecular weight is 570 g/mol. The Morgan fingerprint density at radius 2 is 2.00 bits per heavy atom. The smallest absolute Gasteiger partial charge is 0.266 e. The summed E-state index contributed by atoms with van der Waals surface area (Å²) >= 11 is 0. The van der Waals surface area contributed by atoms with E-state index in [1.54, 1.807) is 44.1 Å². The van der Waals surface area contributed by atoms with Gasteiger partial charge in [-0.3, -0.25) is 14.6 Å². The van der Waals surface area contributed by atoms with E-state index in [2.05, 4.69) is 25.5 Å². The van der Waals surface area contributed by atoms with Crippen LogP contribution < -0.4 is 16.5 Å². The molecule has 4 aliphatic rings. The first-order valence-corrected chi connectivity index (χ1v) is 14.5. The fraction of sp³-hybridized carbons (Fsp3) is 0.387. The number of likely N-dealkylation sites (tertiary alicyclic amines) is 1. The van der Waals surface area contributed by atoms with Crippen molar-refractivity contribution in [1.82, 2.24) is 15.2 Å². The minimum absolute atomic E-state index is 0.0195. The van der Waals surface area contributed by atoms with Crippen molar-refractivity contribution in [3.05, 3.63) is 83.2 Å². The number of piperidine rings is 1. The third kappa shape index (κ3) is 5.63. The van der Waals surface area contributed by atoms with Crippen LogP contribution in [-0.4, -0.2) is 71.2 Å². The fourth-order valence-corrected chi connectivity index (χ4v) is 5.77. The lowest BCUT2D eigenvalue weighted by Crippen LogP contribution is -2.53. The molecule has 11 nitrogen and oxygen atoms in total. The number of ether oxygens (including phenoxy) is 1. The maximum Gasteiger partial charge on any atom is 0.266 e. The summed E-state index contributed by atoms with van der Waals surface area (Å²) < 4.78 is 5.03. The van der Waals surface area contributed by atoms with Gasteiger partial charge in [0.05, 0.1) is 30.5 Å². The van der Waals surface area contributed by atoms with Gasteiger partial charge in [0, 0.05) is 38.0 Å².